The summed E-state index contributed by atoms with van der Waals surface area (Å²) < 4.78 is 10.7. The number of halogens is 1. The first-order chi connectivity index (χ1) is 10.7. The number of pyridine rings is 1. The van der Waals surface area contributed by atoms with Gasteiger partial charge in [0.15, 0.2) is 0 Å². The van der Waals surface area contributed by atoms with Gasteiger partial charge in [-0.2, -0.15) is 0 Å². The Hall–Kier alpha value is -1.67. The van der Waals surface area contributed by atoms with Gasteiger partial charge < -0.3 is 20.1 Å². The zero-order chi connectivity index (χ0) is 17.5. The molecule has 1 amide bonds. The molecule has 2 N–H and O–H groups in total. The van der Waals surface area contributed by atoms with Crippen LogP contribution in [0.15, 0.2) is 16.9 Å². The molecule has 0 atom stereocenters. The van der Waals surface area contributed by atoms with Crippen molar-refractivity contribution in [3.05, 3.63) is 16.9 Å². The van der Waals surface area contributed by atoms with Crippen molar-refractivity contribution in [1.29, 1.82) is 0 Å². The third kappa shape index (κ3) is 7.43. The molecule has 1 rings (SSSR count). The molecular weight excluding hydrogens is 366 g/mol. The average molecular weight is 388 g/mol. The maximum atomic E-state index is 11.8. The Labute approximate surface area is 144 Å². The lowest BCUT2D eigenvalue weighted by Crippen LogP contribution is -2.37. The van der Waals surface area contributed by atoms with Crippen LogP contribution in [0, 0.1) is 0 Å². The molecule has 0 saturated carbocycles. The number of nitrogens with zero attached hydrogens (tertiary/aromatic N) is 1. The highest BCUT2D eigenvalue weighted by molar-refractivity contribution is 9.10. The molecule has 0 aliphatic heterocycles. The van der Waals surface area contributed by atoms with E-state index in [-0.39, 0.29) is 25.1 Å². The van der Waals surface area contributed by atoms with Gasteiger partial charge in [0.25, 0.3) is 0 Å². The summed E-state index contributed by atoms with van der Waals surface area (Å²) in [6.45, 7) is 7.58. The number of carbonyl (C=O) groups is 2. The molecule has 0 unspecified atom stereocenters. The number of amides is 1. The van der Waals surface area contributed by atoms with E-state index in [1.165, 1.54) is 13.1 Å². The number of nitrogens with one attached hydrogen (secondary N) is 2. The zero-order valence-corrected chi connectivity index (χ0v) is 15.3. The second kappa shape index (κ2) is 8.83. The normalized spacial score (nSPS) is 11.0. The molecule has 1 heterocycles. The molecule has 1 aromatic heterocycles. The highest BCUT2D eigenvalue weighted by Crippen LogP contribution is 2.27. The summed E-state index contributed by atoms with van der Waals surface area (Å²) in [4.78, 5) is 26.9. The minimum absolute atomic E-state index is 0.0250. The Morgan fingerprint density at radius 1 is 1.35 bits per heavy atom. The summed E-state index contributed by atoms with van der Waals surface area (Å²) in [5.74, 6) is -0.613. The van der Waals surface area contributed by atoms with Crippen LogP contribution in [0.4, 0.5) is 11.4 Å². The van der Waals surface area contributed by atoms with E-state index in [1.54, 1.807) is 6.07 Å². The molecule has 0 radical (unpaired) electrons. The summed E-state index contributed by atoms with van der Waals surface area (Å²) in [5.41, 5.74) is 0.661. The van der Waals surface area contributed by atoms with Crippen LogP contribution in [0.25, 0.3) is 0 Å². The van der Waals surface area contributed by atoms with Crippen molar-refractivity contribution in [3.63, 3.8) is 0 Å². The Morgan fingerprint density at radius 3 is 2.65 bits per heavy atom. The monoisotopic (exact) mass is 387 g/mol. The number of anilines is 2. The SMILES string of the molecule is CCOCC(=O)Nc1cnc(Br)cc1NC(C)(C)COC(C)=O. The lowest BCUT2D eigenvalue weighted by molar-refractivity contribution is -0.142. The lowest BCUT2D eigenvalue weighted by atomic mass is 10.1. The van der Waals surface area contributed by atoms with E-state index in [0.717, 1.165) is 0 Å². The van der Waals surface area contributed by atoms with Gasteiger partial charge in [0, 0.05) is 13.5 Å². The molecule has 8 heteroatoms. The summed E-state index contributed by atoms with van der Waals surface area (Å²) in [5, 5.41) is 5.98. The first-order valence-corrected chi connectivity index (χ1v) is 7.97. The number of ether oxygens (including phenoxy) is 2. The van der Waals surface area contributed by atoms with Crippen molar-refractivity contribution >= 4 is 39.2 Å². The number of hydrogen-bond acceptors (Lipinski definition) is 6. The van der Waals surface area contributed by atoms with E-state index in [9.17, 15) is 9.59 Å². The van der Waals surface area contributed by atoms with Gasteiger partial charge in [-0.15, -0.1) is 0 Å². The molecule has 0 aromatic carbocycles. The van der Waals surface area contributed by atoms with Gasteiger partial charge in [-0.3, -0.25) is 9.59 Å². The van der Waals surface area contributed by atoms with Crippen LogP contribution in [0.5, 0.6) is 0 Å². The van der Waals surface area contributed by atoms with Gasteiger partial charge in [-0.05, 0) is 42.8 Å². The minimum atomic E-state index is -0.522. The molecule has 0 saturated heterocycles. The summed E-state index contributed by atoms with van der Waals surface area (Å²) in [6.07, 6.45) is 1.54. The van der Waals surface area contributed by atoms with Crippen molar-refractivity contribution in [2.45, 2.75) is 33.2 Å². The molecule has 0 aliphatic carbocycles. The Morgan fingerprint density at radius 2 is 2.04 bits per heavy atom. The van der Waals surface area contributed by atoms with Crippen molar-refractivity contribution in [2.75, 3.05) is 30.5 Å². The average Bonchev–Trinajstić information content (AvgIpc) is 2.45. The maximum absolute atomic E-state index is 11.8. The number of esters is 1. The van der Waals surface area contributed by atoms with Crippen molar-refractivity contribution in [2.24, 2.45) is 0 Å². The molecular formula is C15H22BrN3O4. The second-order valence-electron chi connectivity index (χ2n) is 5.53. The van der Waals surface area contributed by atoms with Crippen molar-refractivity contribution in [3.8, 4) is 0 Å². The largest absolute Gasteiger partial charge is 0.463 e. The number of rotatable bonds is 8. The minimum Gasteiger partial charge on any atom is -0.463 e. The van der Waals surface area contributed by atoms with Crippen LogP contribution in [0.2, 0.25) is 0 Å². The quantitative estimate of drug-likeness (QED) is 0.526. The van der Waals surface area contributed by atoms with E-state index in [2.05, 4.69) is 31.5 Å². The smallest absolute Gasteiger partial charge is 0.302 e. The number of carbonyl (C=O) groups excluding carboxylic acids is 2. The second-order valence-corrected chi connectivity index (χ2v) is 6.34. The van der Waals surface area contributed by atoms with Gasteiger partial charge in [0.1, 0.15) is 17.8 Å². The lowest BCUT2D eigenvalue weighted by Gasteiger charge is -2.28. The van der Waals surface area contributed by atoms with Gasteiger partial charge in [-0.25, -0.2) is 4.98 Å². The van der Waals surface area contributed by atoms with Gasteiger partial charge in [0.05, 0.1) is 23.1 Å². The third-order valence-electron chi connectivity index (χ3n) is 2.69. The predicted molar refractivity (Wildman–Crippen MR) is 91.4 cm³/mol. The first-order valence-electron chi connectivity index (χ1n) is 7.18. The van der Waals surface area contributed by atoms with Gasteiger partial charge in [0.2, 0.25) is 5.91 Å². The molecule has 7 nitrogen and oxygen atoms in total. The van der Waals surface area contributed by atoms with Crippen LogP contribution >= 0.6 is 15.9 Å². The van der Waals surface area contributed by atoms with Crippen molar-refractivity contribution < 1.29 is 19.1 Å². The molecule has 0 bridgehead atoms. The highest BCUT2D eigenvalue weighted by atomic mass is 79.9. The van der Waals surface area contributed by atoms with Crippen LogP contribution in [-0.2, 0) is 19.1 Å². The third-order valence-corrected chi connectivity index (χ3v) is 3.12. The maximum Gasteiger partial charge on any atom is 0.302 e. The van der Waals surface area contributed by atoms with Crippen LogP contribution in [0.3, 0.4) is 0 Å². The van der Waals surface area contributed by atoms with E-state index in [1.807, 2.05) is 20.8 Å². The Balaban J connectivity index is 2.85. The molecule has 1 aromatic rings. The van der Waals surface area contributed by atoms with Crippen LogP contribution in [-0.4, -0.2) is 42.2 Å². The summed E-state index contributed by atoms with van der Waals surface area (Å²) in [7, 11) is 0. The van der Waals surface area contributed by atoms with Crippen LogP contribution < -0.4 is 10.6 Å². The summed E-state index contributed by atoms with van der Waals surface area (Å²) in [6, 6.07) is 1.74. The first kappa shape index (κ1) is 19.4. The Kier molecular flexibility index (Phi) is 7.44. The van der Waals surface area contributed by atoms with Crippen LogP contribution in [0.1, 0.15) is 27.7 Å². The van der Waals surface area contributed by atoms with Gasteiger partial charge in [-0.1, -0.05) is 0 Å². The molecule has 23 heavy (non-hydrogen) atoms. The Bertz CT molecular complexity index is 564. The predicted octanol–water partition coefficient (Wildman–Crippen LogP) is 2.57. The number of aromatic nitrogens is 1. The molecule has 128 valence electrons. The molecule has 0 spiro atoms. The topological polar surface area (TPSA) is 89.6 Å². The van der Waals surface area contributed by atoms with Gasteiger partial charge >= 0.3 is 5.97 Å². The summed E-state index contributed by atoms with van der Waals surface area (Å²) >= 11 is 3.30. The standard InChI is InChI=1S/C15H22BrN3O4/c1-5-22-8-14(21)18-12-7-17-13(16)6-11(12)19-15(3,4)9-23-10(2)20/h6-7H,5,8-9H2,1-4H3,(H,17,19)(H,18,21). The highest BCUT2D eigenvalue weighted by Gasteiger charge is 2.21. The fourth-order valence-electron chi connectivity index (χ4n) is 1.70. The zero-order valence-electron chi connectivity index (χ0n) is 13.7. The van der Waals surface area contributed by atoms with E-state index in [4.69, 9.17) is 9.47 Å². The van der Waals surface area contributed by atoms with Crippen molar-refractivity contribution in [1.82, 2.24) is 4.98 Å². The fourth-order valence-corrected chi connectivity index (χ4v) is 2.03. The molecule has 0 fully saturated rings. The van der Waals surface area contributed by atoms with E-state index >= 15 is 0 Å². The van der Waals surface area contributed by atoms with E-state index in [0.29, 0.717) is 22.6 Å². The fraction of sp³-hybridized carbons (Fsp3) is 0.533. The van der Waals surface area contributed by atoms with E-state index < -0.39 is 5.54 Å². The number of hydrogen-bond donors (Lipinski definition) is 2. The molecule has 0 aliphatic rings.